The normalized spacial score (nSPS) is 15.4. The fourth-order valence-electron chi connectivity index (χ4n) is 1.18. The smallest absolute Gasteiger partial charge is 0.166 e. The number of hydrogen-bond donors (Lipinski definition) is 2. The van der Waals surface area contributed by atoms with Crippen molar-refractivity contribution in [1.29, 1.82) is 0 Å². The Labute approximate surface area is 97.3 Å². The Morgan fingerprint density at radius 2 is 2.20 bits per heavy atom. The highest BCUT2D eigenvalue weighted by atomic mass is 32.1. The van der Waals surface area contributed by atoms with E-state index >= 15 is 0 Å². The lowest BCUT2D eigenvalue weighted by molar-refractivity contribution is 0.162. The van der Waals surface area contributed by atoms with E-state index in [4.69, 9.17) is 17.0 Å². The van der Waals surface area contributed by atoms with Crippen LogP contribution in [0.15, 0.2) is 0 Å². The molecule has 1 aliphatic carbocycles. The summed E-state index contributed by atoms with van der Waals surface area (Å²) >= 11 is 5.14. The van der Waals surface area contributed by atoms with Gasteiger partial charge < -0.3 is 20.3 Å². The van der Waals surface area contributed by atoms with Gasteiger partial charge in [0.2, 0.25) is 0 Å². The molecule has 5 heteroatoms. The highest BCUT2D eigenvalue weighted by molar-refractivity contribution is 7.80. The molecule has 0 saturated heterocycles. The standard InChI is InChI=1S/C10H21N3OS/c1-13(7-8-14-2)6-5-11-10(15)12-9-3-4-9/h9H,3-8H2,1-2H3,(H2,11,12,15). The minimum Gasteiger partial charge on any atom is -0.383 e. The van der Waals surface area contributed by atoms with Crippen LogP contribution in [-0.2, 0) is 4.74 Å². The number of thiocarbonyl (C=S) groups is 1. The van der Waals surface area contributed by atoms with Gasteiger partial charge in [-0.1, -0.05) is 0 Å². The van der Waals surface area contributed by atoms with E-state index in [1.807, 2.05) is 0 Å². The van der Waals surface area contributed by atoms with Crippen LogP contribution in [0.1, 0.15) is 12.8 Å². The van der Waals surface area contributed by atoms with E-state index in [1.54, 1.807) is 7.11 Å². The molecule has 0 amide bonds. The molecule has 88 valence electrons. The summed E-state index contributed by atoms with van der Waals surface area (Å²) in [5, 5.41) is 7.24. The van der Waals surface area contributed by atoms with Gasteiger partial charge in [-0.2, -0.15) is 0 Å². The van der Waals surface area contributed by atoms with Crippen molar-refractivity contribution < 1.29 is 4.74 Å². The van der Waals surface area contributed by atoms with Crippen LogP contribution in [-0.4, -0.2) is 56.5 Å². The Morgan fingerprint density at radius 1 is 1.47 bits per heavy atom. The summed E-state index contributed by atoms with van der Waals surface area (Å²) in [6.07, 6.45) is 2.52. The zero-order chi connectivity index (χ0) is 11.1. The third kappa shape index (κ3) is 6.65. The predicted octanol–water partition coefficient (Wildman–Crippen LogP) is 0.191. The van der Waals surface area contributed by atoms with Crippen molar-refractivity contribution in [2.45, 2.75) is 18.9 Å². The van der Waals surface area contributed by atoms with Gasteiger partial charge >= 0.3 is 0 Å². The molecule has 4 nitrogen and oxygen atoms in total. The zero-order valence-corrected chi connectivity index (χ0v) is 10.4. The highest BCUT2D eigenvalue weighted by Gasteiger charge is 2.21. The van der Waals surface area contributed by atoms with Crippen molar-refractivity contribution >= 4 is 17.3 Å². The van der Waals surface area contributed by atoms with Crippen LogP contribution < -0.4 is 10.6 Å². The van der Waals surface area contributed by atoms with Gasteiger partial charge in [-0.25, -0.2) is 0 Å². The maximum Gasteiger partial charge on any atom is 0.166 e. The van der Waals surface area contributed by atoms with Crippen LogP contribution in [0.3, 0.4) is 0 Å². The highest BCUT2D eigenvalue weighted by Crippen LogP contribution is 2.18. The molecule has 1 fully saturated rings. The Morgan fingerprint density at radius 3 is 2.80 bits per heavy atom. The molecule has 0 unspecified atom stereocenters. The van der Waals surface area contributed by atoms with Crippen molar-refractivity contribution in [2.75, 3.05) is 40.4 Å². The molecular formula is C10H21N3OS. The summed E-state index contributed by atoms with van der Waals surface area (Å²) in [5.74, 6) is 0. The summed E-state index contributed by atoms with van der Waals surface area (Å²) in [5.41, 5.74) is 0. The van der Waals surface area contributed by atoms with Gasteiger partial charge in [0, 0.05) is 32.8 Å². The topological polar surface area (TPSA) is 36.5 Å². The summed E-state index contributed by atoms with van der Waals surface area (Å²) in [7, 11) is 3.80. The average molecular weight is 231 g/mol. The van der Waals surface area contributed by atoms with E-state index in [-0.39, 0.29) is 0 Å². The Balaban J connectivity index is 1.92. The molecule has 0 radical (unpaired) electrons. The molecule has 0 aromatic carbocycles. The number of ether oxygens (including phenoxy) is 1. The molecule has 1 rings (SSSR count). The molecule has 0 heterocycles. The maximum absolute atomic E-state index is 5.14. The molecule has 15 heavy (non-hydrogen) atoms. The first-order valence-corrected chi connectivity index (χ1v) is 5.85. The van der Waals surface area contributed by atoms with Gasteiger partial charge in [-0.3, -0.25) is 0 Å². The van der Waals surface area contributed by atoms with Gasteiger partial charge in [-0.15, -0.1) is 0 Å². The SMILES string of the molecule is COCCN(C)CCNC(=S)NC1CC1. The summed E-state index contributed by atoms with van der Waals surface area (Å²) in [4.78, 5) is 2.22. The molecule has 0 atom stereocenters. The lowest BCUT2D eigenvalue weighted by Gasteiger charge is -2.17. The molecule has 0 spiro atoms. The first kappa shape index (κ1) is 12.7. The molecule has 0 aromatic heterocycles. The lowest BCUT2D eigenvalue weighted by Crippen LogP contribution is -2.40. The number of methoxy groups -OCH3 is 1. The molecule has 2 N–H and O–H groups in total. The van der Waals surface area contributed by atoms with Crippen LogP contribution >= 0.6 is 12.2 Å². The third-order valence-corrected chi connectivity index (χ3v) is 2.63. The van der Waals surface area contributed by atoms with Crippen LogP contribution in [0.2, 0.25) is 0 Å². The summed E-state index contributed by atoms with van der Waals surface area (Å²) in [6.45, 7) is 3.61. The first-order valence-electron chi connectivity index (χ1n) is 5.44. The van der Waals surface area contributed by atoms with Crippen LogP contribution in [0.5, 0.6) is 0 Å². The Bertz CT molecular complexity index is 197. The fourth-order valence-corrected chi connectivity index (χ4v) is 1.45. The van der Waals surface area contributed by atoms with Crippen molar-refractivity contribution in [3.05, 3.63) is 0 Å². The Hall–Kier alpha value is -0.390. The number of nitrogens with one attached hydrogen (secondary N) is 2. The number of rotatable bonds is 7. The second kappa shape index (κ2) is 6.98. The molecule has 0 bridgehead atoms. The molecule has 1 saturated carbocycles. The Kier molecular flexibility index (Phi) is 5.90. The monoisotopic (exact) mass is 231 g/mol. The van der Waals surface area contributed by atoms with Gasteiger partial charge in [0.1, 0.15) is 0 Å². The van der Waals surface area contributed by atoms with Gasteiger partial charge in [-0.05, 0) is 32.1 Å². The lowest BCUT2D eigenvalue weighted by atomic mass is 10.5. The summed E-state index contributed by atoms with van der Waals surface area (Å²) in [6, 6.07) is 0.635. The van der Waals surface area contributed by atoms with E-state index in [9.17, 15) is 0 Å². The van der Waals surface area contributed by atoms with Crippen molar-refractivity contribution in [3.63, 3.8) is 0 Å². The van der Waals surface area contributed by atoms with E-state index < -0.39 is 0 Å². The number of likely N-dealkylation sites (N-methyl/N-ethyl adjacent to an activating group) is 1. The fraction of sp³-hybridized carbons (Fsp3) is 0.900. The first-order chi connectivity index (χ1) is 7.22. The minimum atomic E-state index is 0.635. The second-order valence-corrected chi connectivity index (χ2v) is 4.38. The van der Waals surface area contributed by atoms with Crippen LogP contribution in [0, 0.1) is 0 Å². The number of hydrogen-bond acceptors (Lipinski definition) is 3. The van der Waals surface area contributed by atoms with E-state index in [0.717, 1.165) is 31.4 Å². The van der Waals surface area contributed by atoms with Gasteiger partial charge in [0.15, 0.2) is 5.11 Å². The van der Waals surface area contributed by atoms with Crippen molar-refractivity contribution in [1.82, 2.24) is 15.5 Å². The van der Waals surface area contributed by atoms with Crippen molar-refractivity contribution in [2.24, 2.45) is 0 Å². The third-order valence-electron chi connectivity index (χ3n) is 2.37. The quantitative estimate of drug-likeness (QED) is 0.612. The van der Waals surface area contributed by atoms with Gasteiger partial charge in [0.25, 0.3) is 0 Å². The van der Waals surface area contributed by atoms with Crippen LogP contribution in [0.25, 0.3) is 0 Å². The largest absolute Gasteiger partial charge is 0.383 e. The van der Waals surface area contributed by atoms with E-state index in [1.165, 1.54) is 12.8 Å². The van der Waals surface area contributed by atoms with Gasteiger partial charge in [0.05, 0.1) is 6.61 Å². The van der Waals surface area contributed by atoms with E-state index in [0.29, 0.717) is 6.04 Å². The zero-order valence-electron chi connectivity index (χ0n) is 9.58. The summed E-state index contributed by atoms with van der Waals surface area (Å²) < 4.78 is 5.00. The maximum atomic E-state index is 5.14. The minimum absolute atomic E-state index is 0.635. The second-order valence-electron chi connectivity index (χ2n) is 3.97. The van der Waals surface area contributed by atoms with E-state index in [2.05, 4.69) is 22.6 Å². The molecule has 1 aliphatic rings. The molecule has 0 aromatic rings. The average Bonchev–Trinajstić information content (AvgIpc) is 2.98. The molecule has 0 aliphatic heterocycles. The van der Waals surface area contributed by atoms with Crippen LogP contribution in [0.4, 0.5) is 0 Å². The van der Waals surface area contributed by atoms with Crippen molar-refractivity contribution in [3.8, 4) is 0 Å². The number of nitrogens with zero attached hydrogens (tertiary/aromatic N) is 1. The molecular weight excluding hydrogens is 210 g/mol. The predicted molar refractivity (Wildman–Crippen MR) is 66.1 cm³/mol.